The van der Waals surface area contributed by atoms with Crippen molar-refractivity contribution in [2.75, 3.05) is 39.9 Å². The van der Waals surface area contributed by atoms with Gasteiger partial charge in [-0.2, -0.15) is 0 Å². The van der Waals surface area contributed by atoms with Crippen LogP contribution in [0.1, 0.15) is 24.9 Å². The Bertz CT molecular complexity index is 355. The number of nitrogens with one attached hydrogen (secondary N) is 1. The Balaban J connectivity index is 1.91. The largest absolute Gasteiger partial charge is 0.384 e. The Hall–Kier alpha value is -0.900. The Kier molecular flexibility index (Phi) is 5.83. The monoisotopic (exact) mass is 262 g/mol. The molecule has 1 fully saturated rings. The molecule has 2 rings (SSSR count). The Morgan fingerprint density at radius 2 is 2.16 bits per heavy atom. The molecule has 2 atom stereocenters. The fourth-order valence-corrected chi connectivity index (χ4v) is 2.93. The van der Waals surface area contributed by atoms with Crippen molar-refractivity contribution in [3.8, 4) is 0 Å². The Labute approximate surface area is 116 Å². The highest BCUT2D eigenvalue weighted by atomic mass is 16.5. The van der Waals surface area contributed by atoms with Crippen LogP contribution in [-0.4, -0.2) is 44.8 Å². The van der Waals surface area contributed by atoms with Crippen molar-refractivity contribution < 1.29 is 4.74 Å². The lowest BCUT2D eigenvalue weighted by atomic mass is 10.1. The smallest absolute Gasteiger partial charge is 0.0503 e. The summed E-state index contributed by atoms with van der Waals surface area (Å²) in [6.45, 7) is 7.54. The molecule has 0 aromatic heterocycles. The van der Waals surface area contributed by atoms with Crippen molar-refractivity contribution in [3.05, 3.63) is 35.9 Å². The van der Waals surface area contributed by atoms with E-state index in [4.69, 9.17) is 4.74 Å². The van der Waals surface area contributed by atoms with Gasteiger partial charge < -0.3 is 15.0 Å². The van der Waals surface area contributed by atoms with Crippen molar-refractivity contribution in [1.29, 1.82) is 0 Å². The predicted octanol–water partition coefficient (Wildman–Crippen LogP) is 2.31. The molecule has 0 aliphatic carbocycles. The molecule has 0 spiro atoms. The van der Waals surface area contributed by atoms with Gasteiger partial charge in [-0.15, -0.1) is 0 Å². The molecule has 3 nitrogen and oxygen atoms in total. The minimum Gasteiger partial charge on any atom is -0.384 e. The van der Waals surface area contributed by atoms with Crippen molar-refractivity contribution in [3.63, 3.8) is 0 Å². The summed E-state index contributed by atoms with van der Waals surface area (Å²) in [6.07, 6.45) is 1.27. The maximum absolute atomic E-state index is 5.27. The molecule has 19 heavy (non-hydrogen) atoms. The van der Waals surface area contributed by atoms with E-state index in [9.17, 15) is 0 Å². The van der Waals surface area contributed by atoms with Crippen LogP contribution in [0, 0.1) is 5.92 Å². The van der Waals surface area contributed by atoms with Crippen LogP contribution in [0.5, 0.6) is 0 Å². The topological polar surface area (TPSA) is 24.5 Å². The van der Waals surface area contributed by atoms with Crippen LogP contribution >= 0.6 is 0 Å². The van der Waals surface area contributed by atoms with Crippen LogP contribution in [0.25, 0.3) is 0 Å². The summed E-state index contributed by atoms with van der Waals surface area (Å²) < 4.78 is 5.27. The summed E-state index contributed by atoms with van der Waals surface area (Å²) in [5.41, 5.74) is 1.39. The van der Waals surface area contributed by atoms with E-state index in [1.165, 1.54) is 25.1 Å². The zero-order valence-electron chi connectivity index (χ0n) is 12.1. The molecule has 1 saturated heterocycles. The number of ether oxygens (including phenoxy) is 1. The zero-order chi connectivity index (χ0) is 13.5. The molecule has 1 aromatic rings. The minimum absolute atomic E-state index is 0.437. The van der Waals surface area contributed by atoms with E-state index in [1.807, 2.05) is 0 Å². The highest BCUT2D eigenvalue weighted by Crippen LogP contribution is 2.21. The van der Waals surface area contributed by atoms with Crippen molar-refractivity contribution in [2.45, 2.75) is 19.4 Å². The Morgan fingerprint density at radius 3 is 2.84 bits per heavy atom. The third-order valence-corrected chi connectivity index (χ3v) is 3.87. The molecule has 0 amide bonds. The van der Waals surface area contributed by atoms with Crippen LogP contribution in [-0.2, 0) is 4.74 Å². The quantitative estimate of drug-likeness (QED) is 0.816. The zero-order valence-corrected chi connectivity index (χ0v) is 12.1. The van der Waals surface area contributed by atoms with Crippen LogP contribution in [0.2, 0.25) is 0 Å². The summed E-state index contributed by atoms with van der Waals surface area (Å²) in [5, 5.41) is 3.60. The normalized spacial score (nSPS) is 21.7. The van der Waals surface area contributed by atoms with Gasteiger partial charge in [-0.25, -0.2) is 0 Å². The maximum Gasteiger partial charge on any atom is 0.0503 e. The van der Waals surface area contributed by atoms with Crippen molar-refractivity contribution in [2.24, 2.45) is 5.92 Å². The molecular weight excluding hydrogens is 236 g/mol. The van der Waals surface area contributed by atoms with Gasteiger partial charge in [0.25, 0.3) is 0 Å². The number of methoxy groups -OCH3 is 1. The number of hydrogen-bond acceptors (Lipinski definition) is 3. The first-order chi connectivity index (χ1) is 9.33. The van der Waals surface area contributed by atoms with Crippen molar-refractivity contribution in [1.82, 2.24) is 10.2 Å². The molecule has 106 valence electrons. The molecule has 1 aromatic carbocycles. The van der Waals surface area contributed by atoms with Gasteiger partial charge >= 0.3 is 0 Å². The standard InChI is InChI=1S/C16H26N2O/c1-3-17-16(15-7-5-4-6-8-15)12-18-10-9-14(11-18)13-19-2/h4-8,14,16-17H,3,9-13H2,1-2H3. The third-order valence-electron chi connectivity index (χ3n) is 3.87. The van der Waals surface area contributed by atoms with Gasteiger partial charge in [0.05, 0.1) is 6.61 Å². The Morgan fingerprint density at radius 1 is 1.37 bits per heavy atom. The van der Waals surface area contributed by atoms with Crippen molar-refractivity contribution >= 4 is 0 Å². The number of likely N-dealkylation sites (tertiary alicyclic amines) is 1. The predicted molar refractivity (Wildman–Crippen MR) is 79.3 cm³/mol. The van der Waals surface area contributed by atoms with E-state index >= 15 is 0 Å². The average Bonchev–Trinajstić information content (AvgIpc) is 2.87. The minimum atomic E-state index is 0.437. The second-order valence-electron chi connectivity index (χ2n) is 5.39. The fourth-order valence-electron chi connectivity index (χ4n) is 2.93. The lowest BCUT2D eigenvalue weighted by Gasteiger charge is -2.25. The van der Waals surface area contributed by atoms with Gasteiger partial charge in [0.15, 0.2) is 0 Å². The first-order valence-corrected chi connectivity index (χ1v) is 7.33. The first-order valence-electron chi connectivity index (χ1n) is 7.33. The molecule has 0 radical (unpaired) electrons. The first kappa shape index (κ1) is 14.5. The molecule has 1 heterocycles. The van der Waals surface area contributed by atoms with Crippen LogP contribution in [0.15, 0.2) is 30.3 Å². The van der Waals surface area contributed by atoms with E-state index < -0.39 is 0 Å². The van der Waals surface area contributed by atoms with Gasteiger partial charge in [0.2, 0.25) is 0 Å². The van der Waals surface area contributed by atoms with Gasteiger partial charge in [-0.05, 0) is 31.0 Å². The maximum atomic E-state index is 5.27. The van der Waals surface area contributed by atoms with Gasteiger partial charge in [0.1, 0.15) is 0 Å². The second kappa shape index (κ2) is 7.63. The summed E-state index contributed by atoms with van der Waals surface area (Å²) >= 11 is 0. The average molecular weight is 262 g/mol. The molecule has 1 aliphatic rings. The number of rotatable bonds is 7. The molecule has 1 N–H and O–H groups in total. The lowest BCUT2D eigenvalue weighted by Crippen LogP contribution is -2.34. The van der Waals surface area contributed by atoms with Crippen LogP contribution in [0.3, 0.4) is 0 Å². The molecule has 1 aliphatic heterocycles. The summed E-state index contributed by atoms with van der Waals surface area (Å²) in [6, 6.07) is 11.2. The van der Waals surface area contributed by atoms with E-state index in [0.717, 1.165) is 19.7 Å². The fraction of sp³-hybridized carbons (Fsp3) is 0.625. The highest BCUT2D eigenvalue weighted by molar-refractivity contribution is 5.19. The van der Waals surface area contributed by atoms with Gasteiger partial charge in [-0.3, -0.25) is 0 Å². The number of likely N-dealkylation sites (N-methyl/N-ethyl adjacent to an activating group) is 1. The second-order valence-corrected chi connectivity index (χ2v) is 5.39. The molecule has 2 unspecified atom stereocenters. The molecule has 0 bridgehead atoms. The summed E-state index contributed by atoms with van der Waals surface area (Å²) in [4.78, 5) is 2.56. The SMILES string of the molecule is CCNC(CN1CCC(COC)C1)c1ccccc1. The summed E-state index contributed by atoms with van der Waals surface area (Å²) in [7, 11) is 1.80. The number of hydrogen-bond donors (Lipinski definition) is 1. The molecule has 3 heteroatoms. The van der Waals surface area contributed by atoms with E-state index in [2.05, 4.69) is 47.5 Å². The van der Waals surface area contributed by atoms with E-state index in [0.29, 0.717) is 12.0 Å². The van der Waals surface area contributed by atoms with Crippen LogP contribution < -0.4 is 5.32 Å². The van der Waals surface area contributed by atoms with Gasteiger partial charge in [0, 0.05) is 26.2 Å². The number of benzene rings is 1. The summed E-state index contributed by atoms with van der Waals surface area (Å²) in [5.74, 6) is 0.711. The van der Waals surface area contributed by atoms with Gasteiger partial charge in [-0.1, -0.05) is 37.3 Å². The number of nitrogens with zero attached hydrogens (tertiary/aromatic N) is 1. The molecule has 0 saturated carbocycles. The highest BCUT2D eigenvalue weighted by Gasteiger charge is 2.24. The van der Waals surface area contributed by atoms with Crippen LogP contribution in [0.4, 0.5) is 0 Å². The lowest BCUT2D eigenvalue weighted by molar-refractivity contribution is 0.152. The molecular formula is C16H26N2O. The van der Waals surface area contributed by atoms with E-state index in [-0.39, 0.29) is 0 Å². The third kappa shape index (κ3) is 4.30. The van der Waals surface area contributed by atoms with E-state index in [1.54, 1.807) is 7.11 Å².